The van der Waals surface area contributed by atoms with E-state index in [2.05, 4.69) is 10.3 Å². The lowest BCUT2D eigenvalue weighted by molar-refractivity contribution is 0.0696. The molecule has 128 valence electrons. The molecule has 0 aliphatic rings. The normalized spacial score (nSPS) is 10.8. The molecule has 2 heterocycles. The van der Waals surface area contributed by atoms with E-state index >= 15 is 0 Å². The summed E-state index contributed by atoms with van der Waals surface area (Å²) in [6.07, 6.45) is 1.78. The average Bonchev–Trinajstić information content (AvgIpc) is 2.97. The van der Waals surface area contributed by atoms with Crippen molar-refractivity contribution in [2.24, 2.45) is 0 Å². The molecule has 0 radical (unpaired) electrons. The van der Waals surface area contributed by atoms with Gasteiger partial charge in [-0.1, -0.05) is 19.1 Å². The molecule has 3 rings (SSSR count). The second kappa shape index (κ2) is 6.72. The highest BCUT2D eigenvalue weighted by atomic mass is 19.1. The van der Waals surface area contributed by atoms with Crippen LogP contribution in [0.1, 0.15) is 39.0 Å². The third-order valence-corrected chi connectivity index (χ3v) is 3.86. The number of carboxylic acid groups (broad SMARTS) is 1. The Balaban J connectivity index is 1.82. The summed E-state index contributed by atoms with van der Waals surface area (Å²) in [6.45, 7) is 2.10. The molecule has 0 atom stereocenters. The van der Waals surface area contributed by atoms with Crippen molar-refractivity contribution in [2.75, 3.05) is 0 Å². The number of hydrogen-bond donors (Lipinski definition) is 2. The van der Waals surface area contributed by atoms with Crippen LogP contribution in [0.5, 0.6) is 0 Å². The van der Waals surface area contributed by atoms with Crippen LogP contribution >= 0.6 is 0 Å². The molecule has 1 amide bonds. The first kappa shape index (κ1) is 16.6. The lowest BCUT2D eigenvalue weighted by Crippen LogP contribution is -2.25. The number of amides is 1. The minimum absolute atomic E-state index is 0.181. The molecular formula is C18H16FN3O3. The fraction of sp³-hybridized carbons (Fsp3) is 0.167. The van der Waals surface area contributed by atoms with Crippen LogP contribution < -0.4 is 5.32 Å². The molecule has 0 unspecified atom stereocenters. The van der Waals surface area contributed by atoms with Gasteiger partial charge in [-0.25, -0.2) is 14.2 Å². The average molecular weight is 341 g/mol. The van der Waals surface area contributed by atoms with Crippen molar-refractivity contribution in [1.82, 2.24) is 14.7 Å². The van der Waals surface area contributed by atoms with Gasteiger partial charge in [0.25, 0.3) is 5.91 Å². The van der Waals surface area contributed by atoms with Crippen LogP contribution in [0.25, 0.3) is 5.65 Å². The maximum atomic E-state index is 13.5. The molecule has 7 heteroatoms. The van der Waals surface area contributed by atoms with E-state index in [-0.39, 0.29) is 18.0 Å². The Kier molecular flexibility index (Phi) is 4.47. The number of benzene rings is 1. The fourth-order valence-electron chi connectivity index (χ4n) is 2.59. The Bertz CT molecular complexity index is 948. The van der Waals surface area contributed by atoms with E-state index in [0.29, 0.717) is 23.5 Å². The van der Waals surface area contributed by atoms with E-state index in [4.69, 9.17) is 5.11 Å². The molecule has 0 aliphatic carbocycles. The van der Waals surface area contributed by atoms with Gasteiger partial charge < -0.3 is 10.4 Å². The molecule has 1 aromatic carbocycles. The minimum atomic E-state index is -1.00. The van der Waals surface area contributed by atoms with E-state index in [1.807, 2.05) is 6.92 Å². The topological polar surface area (TPSA) is 83.7 Å². The number of aromatic nitrogens is 2. The van der Waals surface area contributed by atoms with E-state index in [1.165, 1.54) is 34.9 Å². The van der Waals surface area contributed by atoms with Gasteiger partial charge in [0.1, 0.15) is 17.2 Å². The molecule has 0 bridgehead atoms. The summed E-state index contributed by atoms with van der Waals surface area (Å²) >= 11 is 0. The number of carboxylic acids is 1. The highest BCUT2D eigenvalue weighted by molar-refractivity contribution is 5.94. The largest absolute Gasteiger partial charge is 0.478 e. The maximum Gasteiger partial charge on any atom is 0.335 e. The first-order valence-corrected chi connectivity index (χ1v) is 7.76. The summed E-state index contributed by atoms with van der Waals surface area (Å²) in [5.74, 6) is -1.82. The zero-order chi connectivity index (χ0) is 18.0. The van der Waals surface area contributed by atoms with Crippen LogP contribution in [0.3, 0.4) is 0 Å². The molecule has 2 aromatic heterocycles. The number of aryl methyl sites for hydroxylation is 1. The Morgan fingerprint density at radius 2 is 1.92 bits per heavy atom. The first-order valence-electron chi connectivity index (χ1n) is 7.76. The summed E-state index contributed by atoms with van der Waals surface area (Å²) in [4.78, 5) is 27.8. The molecule has 0 spiro atoms. The van der Waals surface area contributed by atoms with Crippen molar-refractivity contribution in [2.45, 2.75) is 19.9 Å². The maximum absolute atomic E-state index is 13.5. The van der Waals surface area contributed by atoms with Gasteiger partial charge in [0.2, 0.25) is 0 Å². The van der Waals surface area contributed by atoms with Crippen molar-refractivity contribution in [3.05, 3.63) is 70.9 Å². The smallest absolute Gasteiger partial charge is 0.335 e. The number of imidazole rings is 1. The quantitative estimate of drug-likeness (QED) is 0.747. The number of halogens is 1. The Labute approximate surface area is 142 Å². The third-order valence-electron chi connectivity index (χ3n) is 3.86. The van der Waals surface area contributed by atoms with Crippen molar-refractivity contribution in [1.29, 1.82) is 0 Å². The Morgan fingerprint density at radius 3 is 2.56 bits per heavy atom. The molecule has 0 aliphatic heterocycles. The summed E-state index contributed by atoms with van der Waals surface area (Å²) in [5.41, 5.74) is 2.34. The number of nitrogens with zero attached hydrogens (tertiary/aromatic N) is 2. The number of pyridine rings is 1. The van der Waals surface area contributed by atoms with Crippen LogP contribution in [0.2, 0.25) is 0 Å². The van der Waals surface area contributed by atoms with Crippen molar-refractivity contribution in [3.63, 3.8) is 0 Å². The summed E-state index contributed by atoms with van der Waals surface area (Å²) in [6, 6.07) is 9.05. The second-order valence-electron chi connectivity index (χ2n) is 5.52. The predicted octanol–water partition coefficient (Wildman–Crippen LogP) is 2.66. The molecule has 2 N–H and O–H groups in total. The van der Waals surface area contributed by atoms with Crippen LogP contribution in [0.4, 0.5) is 4.39 Å². The standard InChI is InChI=1S/C18H16FN3O3/c1-2-14-16(22-10-13(19)7-8-15(22)21-14)17(23)20-9-11-3-5-12(6-4-11)18(24)25/h3-8,10H,2,9H2,1H3,(H,20,23)(H,24,25). The molecule has 6 nitrogen and oxygen atoms in total. The van der Waals surface area contributed by atoms with Crippen molar-refractivity contribution in [3.8, 4) is 0 Å². The van der Waals surface area contributed by atoms with Gasteiger partial charge in [-0.05, 0) is 36.2 Å². The van der Waals surface area contributed by atoms with Gasteiger partial charge in [0, 0.05) is 12.7 Å². The van der Waals surface area contributed by atoms with Gasteiger partial charge in [0.15, 0.2) is 0 Å². The number of hydrogen-bond acceptors (Lipinski definition) is 3. The highest BCUT2D eigenvalue weighted by Crippen LogP contribution is 2.15. The number of nitrogens with one attached hydrogen (secondary N) is 1. The number of aromatic carboxylic acids is 1. The van der Waals surface area contributed by atoms with Gasteiger partial charge in [-0.3, -0.25) is 9.20 Å². The van der Waals surface area contributed by atoms with Crippen LogP contribution in [-0.2, 0) is 13.0 Å². The summed E-state index contributed by atoms with van der Waals surface area (Å²) < 4.78 is 15.0. The van der Waals surface area contributed by atoms with Crippen LogP contribution in [0, 0.1) is 5.82 Å². The van der Waals surface area contributed by atoms with E-state index < -0.39 is 11.8 Å². The number of carbonyl (C=O) groups is 2. The zero-order valence-corrected chi connectivity index (χ0v) is 13.5. The second-order valence-corrected chi connectivity index (χ2v) is 5.52. The molecule has 3 aromatic rings. The minimum Gasteiger partial charge on any atom is -0.478 e. The molecule has 0 saturated heterocycles. The molecule has 25 heavy (non-hydrogen) atoms. The van der Waals surface area contributed by atoms with Crippen molar-refractivity contribution >= 4 is 17.5 Å². The van der Waals surface area contributed by atoms with Gasteiger partial charge in [-0.15, -0.1) is 0 Å². The number of rotatable bonds is 5. The van der Waals surface area contributed by atoms with E-state index in [1.54, 1.807) is 12.1 Å². The third kappa shape index (κ3) is 3.35. The number of carbonyl (C=O) groups excluding carboxylic acids is 1. The Hall–Kier alpha value is -3.22. The summed E-state index contributed by atoms with van der Waals surface area (Å²) in [5, 5.41) is 11.7. The highest BCUT2D eigenvalue weighted by Gasteiger charge is 2.18. The predicted molar refractivity (Wildman–Crippen MR) is 89.1 cm³/mol. The van der Waals surface area contributed by atoms with Crippen LogP contribution in [0.15, 0.2) is 42.6 Å². The van der Waals surface area contributed by atoms with Gasteiger partial charge in [0.05, 0.1) is 11.3 Å². The lowest BCUT2D eigenvalue weighted by Gasteiger charge is -2.07. The SMILES string of the molecule is CCc1nc2ccc(F)cn2c1C(=O)NCc1ccc(C(=O)O)cc1. The molecular weight excluding hydrogens is 325 g/mol. The molecule has 0 fully saturated rings. The van der Waals surface area contributed by atoms with Crippen molar-refractivity contribution < 1.29 is 19.1 Å². The van der Waals surface area contributed by atoms with Gasteiger partial charge in [-0.2, -0.15) is 0 Å². The first-order chi connectivity index (χ1) is 12.0. The van der Waals surface area contributed by atoms with E-state index in [0.717, 1.165) is 5.56 Å². The fourth-order valence-corrected chi connectivity index (χ4v) is 2.59. The monoisotopic (exact) mass is 341 g/mol. The molecule has 0 saturated carbocycles. The lowest BCUT2D eigenvalue weighted by atomic mass is 10.1. The van der Waals surface area contributed by atoms with Crippen LogP contribution in [-0.4, -0.2) is 26.4 Å². The summed E-state index contributed by atoms with van der Waals surface area (Å²) in [7, 11) is 0. The Morgan fingerprint density at radius 1 is 1.20 bits per heavy atom. The van der Waals surface area contributed by atoms with E-state index in [9.17, 15) is 14.0 Å². The zero-order valence-electron chi connectivity index (χ0n) is 13.5. The van der Waals surface area contributed by atoms with Gasteiger partial charge >= 0.3 is 5.97 Å². The number of fused-ring (bicyclic) bond motifs is 1.